The van der Waals surface area contributed by atoms with Crippen molar-refractivity contribution in [2.75, 3.05) is 5.32 Å². The molecule has 30 heavy (non-hydrogen) atoms. The Morgan fingerprint density at radius 1 is 1.10 bits per heavy atom. The first-order valence-corrected chi connectivity index (χ1v) is 11.1. The molecule has 0 aliphatic heterocycles. The summed E-state index contributed by atoms with van der Waals surface area (Å²) in [5.41, 5.74) is 1.26. The highest BCUT2D eigenvalue weighted by molar-refractivity contribution is 7.89. The van der Waals surface area contributed by atoms with Crippen LogP contribution in [0.15, 0.2) is 57.9 Å². The van der Waals surface area contributed by atoms with Gasteiger partial charge in [0.05, 0.1) is 4.90 Å². The van der Waals surface area contributed by atoms with E-state index in [-0.39, 0.29) is 29.7 Å². The van der Waals surface area contributed by atoms with Crippen molar-refractivity contribution >= 4 is 33.2 Å². The van der Waals surface area contributed by atoms with Crippen LogP contribution >= 0.6 is 11.6 Å². The molecule has 1 amide bonds. The average molecular weight is 449 g/mol. The van der Waals surface area contributed by atoms with Gasteiger partial charge in [-0.05, 0) is 62.4 Å². The van der Waals surface area contributed by atoms with Crippen LogP contribution < -0.4 is 10.0 Å². The van der Waals surface area contributed by atoms with Crippen molar-refractivity contribution in [1.29, 1.82) is 0 Å². The van der Waals surface area contributed by atoms with Gasteiger partial charge >= 0.3 is 0 Å². The van der Waals surface area contributed by atoms with Gasteiger partial charge in [0.15, 0.2) is 0 Å². The lowest BCUT2D eigenvalue weighted by molar-refractivity contribution is -0.116. The number of aromatic nitrogens is 2. The van der Waals surface area contributed by atoms with E-state index in [1.165, 1.54) is 24.3 Å². The molecule has 0 aliphatic carbocycles. The fraction of sp³-hybridized carbons (Fsp3) is 0.250. The Hall–Kier alpha value is -2.75. The van der Waals surface area contributed by atoms with Crippen molar-refractivity contribution in [3.8, 4) is 11.4 Å². The smallest absolute Gasteiger partial charge is 0.240 e. The molecule has 1 heterocycles. The lowest BCUT2D eigenvalue weighted by Crippen LogP contribution is -2.30. The first kappa shape index (κ1) is 21.9. The molecule has 2 N–H and O–H groups in total. The van der Waals surface area contributed by atoms with Gasteiger partial charge in [0.2, 0.25) is 27.6 Å². The van der Waals surface area contributed by atoms with E-state index < -0.39 is 10.0 Å². The highest BCUT2D eigenvalue weighted by atomic mass is 35.5. The minimum absolute atomic E-state index is 0.134. The lowest BCUT2D eigenvalue weighted by atomic mass is 10.2. The Bertz CT molecular complexity index is 1110. The Labute approximate surface area is 179 Å². The number of sulfonamides is 1. The average Bonchev–Trinajstić information content (AvgIpc) is 3.15. The molecule has 0 unspecified atom stereocenters. The van der Waals surface area contributed by atoms with E-state index in [9.17, 15) is 13.2 Å². The number of hydrogen-bond acceptors (Lipinski definition) is 6. The predicted octanol–water partition coefficient (Wildman–Crippen LogP) is 3.65. The molecule has 3 rings (SSSR count). The van der Waals surface area contributed by atoms with Gasteiger partial charge in [0.25, 0.3) is 0 Å². The quantitative estimate of drug-likeness (QED) is 0.543. The van der Waals surface area contributed by atoms with Crippen molar-refractivity contribution in [3.05, 3.63) is 59.4 Å². The molecule has 0 radical (unpaired) electrons. The summed E-state index contributed by atoms with van der Waals surface area (Å²) in [6, 6.07) is 12.8. The van der Waals surface area contributed by atoms with Crippen LogP contribution in [0.5, 0.6) is 0 Å². The summed E-state index contributed by atoms with van der Waals surface area (Å²) in [5, 5.41) is 7.24. The molecular weight excluding hydrogens is 428 g/mol. The number of rotatable bonds is 8. The third-order valence-electron chi connectivity index (χ3n) is 3.98. The normalized spacial score (nSPS) is 11.6. The van der Waals surface area contributed by atoms with E-state index in [0.29, 0.717) is 22.4 Å². The molecule has 2 aromatic carbocycles. The van der Waals surface area contributed by atoms with Gasteiger partial charge in [0.1, 0.15) is 0 Å². The molecular formula is C20H21ClN4O4S. The first-order valence-electron chi connectivity index (χ1n) is 9.24. The van der Waals surface area contributed by atoms with Crippen LogP contribution in [-0.2, 0) is 21.2 Å². The molecule has 0 saturated carbocycles. The Kier molecular flexibility index (Phi) is 6.86. The van der Waals surface area contributed by atoms with Crippen molar-refractivity contribution in [3.63, 3.8) is 0 Å². The Morgan fingerprint density at radius 2 is 1.77 bits per heavy atom. The van der Waals surface area contributed by atoms with E-state index in [2.05, 4.69) is 20.2 Å². The maximum atomic E-state index is 12.2. The number of carbonyl (C=O) groups excluding carboxylic acids is 1. The largest absolute Gasteiger partial charge is 0.339 e. The molecule has 0 bridgehead atoms. The predicted molar refractivity (Wildman–Crippen MR) is 114 cm³/mol. The lowest BCUT2D eigenvalue weighted by Gasteiger charge is -2.10. The molecule has 0 fully saturated rings. The molecule has 1 aromatic heterocycles. The van der Waals surface area contributed by atoms with Crippen molar-refractivity contribution in [2.24, 2.45) is 0 Å². The van der Waals surface area contributed by atoms with Crippen LogP contribution in [0.2, 0.25) is 5.02 Å². The standard InChI is InChI=1S/C20H21ClN4O4S/c1-13(2)25-30(27,28)17-9-7-16(8-10-17)22-18(26)11-12-19-23-20(24-29-19)14-3-5-15(21)6-4-14/h3-10,13,25H,11-12H2,1-2H3,(H,22,26). The third kappa shape index (κ3) is 5.88. The maximum absolute atomic E-state index is 12.2. The second-order valence-electron chi connectivity index (χ2n) is 6.87. The van der Waals surface area contributed by atoms with Gasteiger partial charge < -0.3 is 9.84 Å². The number of benzene rings is 2. The van der Waals surface area contributed by atoms with Gasteiger partial charge in [0, 0.05) is 35.2 Å². The SMILES string of the molecule is CC(C)NS(=O)(=O)c1ccc(NC(=O)CCc2nc(-c3ccc(Cl)cc3)no2)cc1. The molecule has 0 aliphatic rings. The third-order valence-corrected chi connectivity index (χ3v) is 5.90. The second-order valence-corrected chi connectivity index (χ2v) is 9.02. The summed E-state index contributed by atoms with van der Waals surface area (Å²) < 4.78 is 31.9. The van der Waals surface area contributed by atoms with E-state index in [4.69, 9.17) is 16.1 Å². The Morgan fingerprint density at radius 3 is 2.40 bits per heavy atom. The zero-order valence-electron chi connectivity index (χ0n) is 16.4. The number of aryl methyl sites for hydroxylation is 1. The Balaban J connectivity index is 1.54. The molecule has 8 nitrogen and oxygen atoms in total. The number of hydrogen-bond donors (Lipinski definition) is 2. The van der Waals surface area contributed by atoms with E-state index in [1.54, 1.807) is 38.1 Å². The van der Waals surface area contributed by atoms with Gasteiger partial charge in [-0.2, -0.15) is 4.98 Å². The molecule has 10 heteroatoms. The highest BCUT2D eigenvalue weighted by Crippen LogP contribution is 2.19. The van der Waals surface area contributed by atoms with Crippen molar-refractivity contribution < 1.29 is 17.7 Å². The van der Waals surface area contributed by atoms with Gasteiger partial charge in [-0.3, -0.25) is 4.79 Å². The first-order chi connectivity index (χ1) is 14.2. The number of anilines is 1. The summed E-state index contributed by atoms with van der Waals surface area (Å²) in [4.78, 5) is 16.6. The maximum Gasteiger partial charge on any atom is 0.240 e. The molecule has 0 saturated heterocycles. The fourth-order valence-electron chi connectivity index (χ4n) is 2.61. The van der Waals surface area contributed by atoms with Crippen molar-refractivity contribution in [1.82, 2.24) is 14.9 Å². The number of nitrogens with one attached hydrogen (secondary N) is 2. The second kappa shape index (κ2) is 9.38. The van der Waals surface area contributed by atoms with Gasteiger partial charge in [-0.25, -0.2) is 13.1 Å². The van der Waals surface area contributed by atoms with Crippen LogP contribution in [0, 0.1) is 0 Å². The summed E-state index contributed by atoms with van der Waals surface area (Å²) >= 11 is 5.86. The summed E-state index contributed by atoms with van der Waals surface area (Å²) in [6.45, 7) is 3.49. The number of nitrogens with zero attached hydrogens (tertiary/aromatic N) is 2. The van der Waals surface area contributed by atoms with E-state index in [0.717, 1.165) is 5.56 Å². The van der Waals surface area contributed by atoms with Crippen LogP contribution in [0.3, 0.4) is 0 Å². The zero-order valence-corrected chi connectivity index (χ0v) is 18.0. The van der Waals surface area contributed by atoms with E-state index >= 15 is 0 Å². The number of carbonyl (C=O) groups is 1. The van der Waals surface area contributed by atoms with Gasteiger partial charge in [-0.1, -0.05) is 16.8 Å². The minimum atomic E-state index is -3.57. The van der Waals surface area contributed by atoms with E-state index in [1.807, 2.05) is 0 Å². The molecule has 0 spiro atoms. The molecule has 158 valence electrons. The van der Waals surface area contributed by atoms with Crippen LogP contribution in [0.4, 0.5) is 5.69 Å². The fourth-order valence-corrected chi connectivity index (χ4v) is 3.99. The van der Waals surface area contributed by atoms with Crippen molar-refractivity contribution in [2.45, 2.75) is 37.6 Å². The monoisotopic (exact) mass is 448 g/mol. The van der Waals surface area contributed by atoms with Crippen LogP contribution in [-0.4, -0.2) is 30.5 Å². The number of halogens is 1. The summed E-state index contributed by atoms with van der Waals surface area (Å²) in [6.07, 6.45) is 0.411. The van der Waals surface area contributed by atoms with Crippen LogP contribution in [0.1, 0.15) is 26.2 Å². The minimum Gasteiger partial charge on any atom is -0.339 e. The summed E-state index contributed by atoms with van der Waals surface area (Å²) in [7, 11) is -3.57. The summed E-state index contributed by atoms with van der Waals surface area (Å²) in [5.74, 6) is 0.516. The topological polar surface area (TPSA) is 114 Å². The highest BCUT2D eigenvalue weighted by Gasteiger charge is 2.15. The zero-order chi connectivity index (χ0) is 21.7. The number of amides is 1. The molecule has 0 atom stereocenters. The molecule has 3 aromatic rings. The van der Waals surface area contributed by atoms with Gasteiger partial charge in [-0.15, -0.1) is 0 Å². The van der Waals surface area contributed by atoms with Crippen LogP contribution in [0.25, 0.3) is 11.4 Å².